The van der Waals surface area contributed by atoms with E-state index in [1.165, 1.54) is 24.3 Å². The summed E-state index contributed by atoms with van der Waals surface area (Å²) in [6.45, 7) is 1.23. The van der Waals surface area contributed by atoms with Gasteiger partial charge >= 0.3 is 6.03 Å². The molecule has 0 radical (unpaired) electrons. The fourth-order valence-corrected chi connectivity index (χ4v) is 3.56. The lowest BCUT2D eigenvalue weighted by molar-refractivity contribution is -0.130. The number of fused-ring (bicyclic) bond motifs is 1. The molecule has 1 fully saturated rings. The van der Waals surface area contributed by atoms with E-state index in [9.17, 15) is 18.8 Å². The zero-order chi connectivity index (χ0) is 19.9. The Kier molecular flexibility index (Phi) is 4.19. The SMILES string of the molecule is CC1(c2cccc3ccccc23)NC(=O)N(CC(=O)c2ccc(F)cc2)C1=O. The molecule has 1 unspecified atom stereocenters. The number of rotatable bonds is 4. The summed E-state index contributed by atoms with van der Waals surface area (Å²) in [6, 6.07) is 17.5. The van der Waals surface area contributed by atoms with Crippen molar-refractivity contribution in [1.29, 1.82) is 0 Å². The van der Waals surface area contributed by atoms with Crippen LogP contribution in [0.2, 0.25) is 0 Å². The average Bonchev–Trinajstić information content (AvgIpc) is 2.92. The zero-order valence-electron chi connectivity index (χ0n) is 15.1. The van der Waals surface area contributed by atoms with E-state index in [-0.39, 0.29) is 5.56 Å². The molecule has 3 aromatic rings. The predicted octanol–water partition coefficient (Wildman–Crippen LogP) is 3.63. The fourth-order valence-electron chi connectivity index (χ4n) is 3.56. The summed E-state index contributed by atoms with van der Waals surface area (Å²) >= 11 is 0. The molecule has 1 saturated heterocycles. The van der Waals surface area contributed by atoms with Crippen molar-refractivity contribution in [2.75, 3.05) is 6.54 Å². The van der Waals surface area contributed by atoms with Crippen LogP contribution in [-0.4, -0.2) is 29.2 Å². The number of carbonyl (C=O) groups is 3. The third-order valence-electron chi connectivity index (χ3n) is 5.07. The standard InChI is InChI=1S/C22H17FN2O3/c1-22(18-8-4-6-14-5-2-3-7-17(14)18)20(27)25(21(28)24-22)13-19(26)15-9-11-16(23)12-10-15/h2-12H,13H2,1H3,(H,24,28). The molecule has 3 aromatic carbocycles. The number of Topliss-reactive ketones (excluding diaryl/α,β-unsaturated/α-hetero) is 1. The second kappa shape index (κ2) is 6.56. The molecule has 1 aliphatic heterocycles. The van der Waals surface area contributed by atoms with E-state index in [4.69, 9.17) is 0 Å². The number of halogens is 1. The third kappa shape index (κ3) is 2.83. The number of amides is 3. The molecule has 28 heavy (non-hydrogen) atoms. The Morgan fingerprint density at radius 1 is 1.00 bits per heavy atom. The summed E-state index contributed by atoms with van der Waals surface area (Å²) in [6.07, 6.45) is 0. The summed E-state index contributed by atoms with van der Waals surface area (Å²) in [5, 5.41) is 4.53. The first-order chi connectivity index (χ1) is 13.4. The molecular weight excluding hydrogens is 359 g/mol. The van der Waals surface area contributed by atoms with Gasteiger partial charge in [-0.25, -0.2) is 9.18 Å². The van der Waals surface area contributed by atoms with Gasteiger partial charge in [0, 0.05) is 5.56 Å². The molecule has 1 atom stereocenters. The van der Waals surface area contributed by atoms with E-state index < -0.39 is 35.6 Å². The first kappa shape index (κ1) is 17.9. The minimum absolute atomic E-state index is 0.237. The van der Waals surface area contributed by atoms with Crippen LogP contribution >= 0.6 is 0 Å². The molecule has 0 bridgehead atoms. The van der Waals surface area contributed by atoms with Gasteiger partial charge in [0.2, 0.25) is 0 Å². The van der Waals surface area contributed by atoms with Crippen molar-refractivity contribution in [2.45, 2.75) is 12.5 Å². The number of imide groups is 1. The van der Waals surface area contributed by atoms with Crippen LogP contribution in [0.1, 0.15) is 22.8 Å². The number of carbonyl (C=O) groups excluding carboxylic acids is 3. The van der Waals surface area contributed by atoms with Gasteiger partial charge in [-0.2, -0.15) is 0 Å². The Hall–Kier alpha value is -3.54. The van der Waals surface area contributed by atoms with Crippen LogP contribution in [-0.2, 0) is 10.3 Å². The van der Waals surface area contributed by atoms with Gasteiger partial charge in [-0.3, -0.25) is 14.5 Å². The van der Waals surface area contributed by atoms with Crippen molar-refractivity contribution in [2.24, 2.45) is 0 Å². The summed E-state index contributed by atoms with van der Waals surface area (Å²) in [5.74, 6) is -1.40. The molecular formula is C22H17FN2O3. The molecule has 1 heterocycles. The van der Waals surface area contributed by atoms with Crippen LogP contribution in [0.25, 0.3) is 10.8 Å². The second-order valence-corrected chi connectivity index (χ2v) is 6.90. The molecule has 5 nitrogen and oxygen atoms in total. The van der Waals surface area contributed by atoms with E-state index in [1.807, 2.05) is 36.4 Å². The molecule has 140 valence electrons. The lowest BCUT2D eigenvalue weighted by Gasteiger charge is -2.24. The van der Waals surface area contributed by atoms with E-state index in [0.29, 0.717) is 5.56 Å². The lowest BCUT2D eigenvalue weighted by atomic mass is 9.88. The van der Waals surface area contributed by atoms with Gasteiger partial charge in [-0.05, 0) is 47.5 Å². The number of nitrogens with zero attached hydrogens (tertiary/aromatic N) is 1. The van der Waals surface area contributed by atoms with Crippen LogP contribution in [0.5, 0.6) is 0 Å². The van der Waals surface area contributed by atoms with Crippen LogP contribution in [0.4, 0.5) is 9.18 Å². The monoisotopic (exact) mass is 376 g/mol. The Balaban J connectivity index is 1.66. The maximum absolute atomic E-state index is 13.1. The number of hydrogen-bond acceptors (Lipinski definition) is 3. The first-order valence-electron chi connectivity index (χ1n) is 8.81. The summed E-state index contributed by atoms with van der Waals surface area (Å²) in [5.41, 5.74) is -0.373. The highest BCUT2D eigenvalue weighted by molar-refractivity contribution is 6.12. The van der Waals surface area contributed by atoms with E-state index in [1.54, 1.807) is 13.0 Å². The smallest absolute Gasteiger partial charge is 0.319 e. The van der Waals surface area contributed by atoms with Gasteiger partial charge in [-0.15, -0.1) is 0 Å². The molecule has 4 rings (SSSR count). The molecule has 0 aliphatic carbocycles. The molecule has 1 N–H and O–H groups in total. The van der Waals surface area contributed by atoms with Gasteiger partial charge < -0.3 is 5.32 Å². The van der Waals surface area contributed by atoms with Gasteiger partial charge in [-0.1, -0.05) is 42.5 Å². The molecule has 6 heteroatoms. The van der Waals surface area contributed by atoms with Gasteiger partial charge in [0.1, 0.15) is 11.4 Å². The maximum Gasteiger partial charge on any atom is 0.325 e. The van der Waals surface area contributed by atoms with Gasteiger partial charge in [0.25, 0.3) is 5.91 Å². The summed E-state index contributed by atoms with van der Waals surface area (Å²) < 4.78 is 13.1. The number of hydrogen-bond donors (Lipinski definition) is 1. The topological polar surface area (TPSA) is 66.5 Å². The Morgan fingerprint density at radius 3 is 2.43 bits per heavy atom. The predicted molar refractivity (Wildman–Crippen MR) is 102 cm³/mol. The van der Waals surface area contributed by atoms with E-state index in [0.717, 1.165) is 15.7 Å². The largest absolute Gasteiger partial charge is 0.325 e. The Morgan fingerprint density at radius 2 is 1.68 bits per heavy atom. The van der Waals surface area contributed by atoms with E-state index >= 15 is 0 Å². The molecule has 3 amide bonds. The minimum atomic E-state index is -1.28. The molecule has 0 aromatic heterocycles. The summed E-state index contributed by atoms with van der Waals surface area (Å²) in [7, 11) is 0. The second-order valence-electron chi connectivity index (χ2n) is 6.90. The quantitative estimate of drug-likeness (QED) is 0.559. The number of urea groups is 1. The molecule has 0 saturated carbocycles. The first-order valence-corrected chi connectivity index (χ1v) is 8.81. The normalized spacial score (nSPS) is 19.1. The van der Waals surface area contributed by atoms with Crippen LogP contribution in [0.15, 0.2) is 66.7 Å². The highest BCUT2D eigenvalue weighted by atomic mass is 19.1. The zero-order valence-corrected chi connectivity index (χ0v) is 15.1. The highest BCUT2D eigenvalue weighted by Gasteiger charge is 2.50. The summed E-state index contributed by atoms with van der Waals surface area (Å²) in [4.78, 5) is 39.0. The van der Waals surface area contributed by atoms with Crippen molar-refractivity contribution < 1.29 is 18.8 Å². The van der Waals surface area contributed by atoms with Crippen LogP contribution < -0.4 is 5.32 Å². The van der Waals surface area contributed by atoms with Crippen LogP contribution in [0.3, 0.4) is 0 Å². The number of benzene rings is 3. The van der Waals surface area contributed by atoms with Crippen molar-refractivity contribution in [1.82, 2.24) is 10.2 Å². The van der Waals surface area contributed by atoms with E-state index in [2.05, 4.69) is 5.32 Å². The fraction of sp³-hybridized carbons (Fsp3) is 0.136. The third-order valence-corrected chi connectivity index (χ3v) is 5.07. The molecule has 0 spiro atoms. The Labute approximate surface area is 160 Å². The van der Waals surface area contributed by atoms with Crippen LogP contribution in [0, 0.1) is 5.82 Å². The highest BCUT2D eigenvalue weighted by Crippen LogP contribution is 2.33. The van der Waals surface area contributed by atoms with Crippen molar-refractivity contribution in [3.05, 3.63) is 83.7 Å². The van der Waals surface area contributed by atoms with Crippen molar-refractivity contribution in [3.63, 3.8) is 0 Å². The lowest BCUT2D eigenvalue weighted by Crippen LogP contribution is -2.41. The van der Waals surface area contributed by atoms with Crippen molar-refractivity contribution in [3.8, 4) is 0 Å². The average molecular weight is 376 g/mol. The maximum atomic E-state index is 13.1. The Bertz CT molecular complexity index is 1100. The minimum Gasteiger partial charge on any atom is -0.319 e. The van der Waals surface area contributed by atoms with Gasteiger partial charge in [0.05, 0.1) is 6.54 Å². The molecule has 1 aliphatic rings. The van der Waals surface area contributed by atoms with Gasteiger partial charge in [0.15, 0.2) is 5.78 Å². The number of nitrogens with one attached hydrogen (secondary N) is 1. The number of ketones is 1. The van der Waals surface area contributed by atoms with Crippen molar-refractivity contribution >= 4 is 28.5 Å².